The van der Waals surface area contributed by atoms with Gasteiger partial charge in [0.25, 0.3) is 0 Å². The third kappa shape index (κ3) is 5.35. The van der Waals surface area contributed by atoms with Gasteiger partial charge in [-0.05, 0) is 100 Å². The Hall–Kier alpha value is -6.65. The molecule has 0 unspecified atom stereocenters. The normalized spacial score (nSPS) is 11.3. The summed E-state index contributed by atoms with van der Waals surface area (Å²) in [6.07, 6.45) is 5.66. The molecule has 0 bridgehead atoms. The van der Waals surface area contributed by atoms with Crippen molar-refractivity contribution in [2.24, 2.45) is 0 Å². The van der Waals surface area contributed by atoms with Gasteiger partial charge in [0.2, 0.25) is 0 Å². The van der Waals surface area contributed by atoms with Crippen LogP contribution in [0, 0.1) is 0 Å². The van der Waals surface area contributed by atoms with Crippen LogP contribution in [0.5, 0.6) is 0 Å². The van der Waals surface area contributed by atoms with E-state index in [1.807, 2.05) is 42.9 Å². The van der Waals surface area contributed by atoms with E-state index < -0.39 is 0 Å². The van der Waals surface area contributed by atoms with Crippen LogP contribution >= 0.6 is 0 Å². The molecule has 0 aliphatic carbocycles. The molecule has 0 saturated carbocycles. The molecule has 4 nitrogen and oxygen atoms in total. The average Bonchev–Trinajstić information content (AvgIpc) is 3.52. The van der Waals surface area contributed by atoms with Crippen LogP contribution in [0.2, 0.25) is 0 Å². The van der Waals surface area contributed by atoms with Crippen LogP contribution in [-0.4, -0.2) is 19.5 Å². The number of hydrogen-bond acceptors (Lipinski definition) is 3. The maximum absolute atomic E-state index is 5.13. The van der Waals surface area contributed by atoms with Crippen molar-refractivity contribution < 1.29 is 0 Å². The highest BCUT2D eigenvalue weighted by Gasteiger charge is 2.15. The molecule has 0 fully saturated rings. The van der Waals surface area contributed by atoms with Crippen LogP contribution in [0.1, 0.15) is 0 Å². The average molecular weight is 627 g/mol. The Bertz CT molecular complexity index is 2590. The minimum Gasteiger partial charge on any atom is -0.309 e. The van der Waals surface area contributed by atoms with Gasteiger partial charge in [-0.25, -0.2) is 4.98 Å². The summed E-state index contributed by atoms with van der Waals surface area (Å²) in [4.78, 5) is 14.3. The first-order chi connectivity index (χ1) is 24.3. The number of benzene rings is 5. The number of nitrogens with zero attached hydrogens (tertiary/aromatic N) is 4. The van der Waals surface area contributed by atoms with E-state index in [9.17, 15) is 0 Å². The number of pyridine rings is 3. The van der Waals surface area contributed by atoms with Gasteiger partial charge in [0.15, 0.2) is 0 Å². The summed E-state index contributed by atoms with van der Waals surface area (Å²) in [5.41, 5.74) is 13.9. The second-order valence-corrected chi connectivity index (χ2v) is 12.2. The molecule has 4 heteroatoms. The fourth-order valence-corrected chi connectivity index (χ4v) is 6.76. The first-order valence-corrected chi connectivity index (χ1v) is 16.4. The summed E-state index contributed by atoms with van der Waals surface area (Å²) < 4.78 is 2.32. The van der Waals surface area contributed by atoms with Crippen molar-refractivity contribution in [3.05, 3.63) is 182 Å². The molecule has 9 aromatic rings. The predicted molar refractivity (Wildman–Crippen MR) is 201 cm³/mol. The van der Waals surface area contributed by atoms with Crippen molar-refractivity contribution in [3.63, 3.8) is 0 Å². The molecule has 0 aliphatic rings. The molecule has 49 heavy (non-hydrogen) atoms. The van der Waals surface area contributed by atoms with Gasteiger partial charge in [-0.1, -0.05) is 97.1 Å². The van der Waals surface area contributed by atoms with E-state index >= 15 is 0 Å². The van der Waals surface area contributed by atoms with Crippen LogP contribution in [0.4, 0.5) is 0 Å². The third-order valence-corrected chi connectivity index (χ3v) is 9.13. The van der Waals surface area contributed by atoms with Crippen LogP contribution in [0.15, 0.2) is 182 Å². The Morgan fingerprint density at radius 1 is 0.367 bits per heavy atom. The Kier molecular flexibility index (Phi) is 7.10. The van der Waals surface area contributed by atoms with Crippen molar-refractivity contribution in [1.29, 1.82) is 0 Å². The van der Waals surface area contributed by atoms with Gasteiger partial charge in [-0.2, -0.15) is 0 Å². The van der Waals surface area contributed by atoms with Crippen LogP contribution in [0.25, 0.3) is 83.5 Å². The molecule has 0 aliphatic heterocycles. The minimum atomic E-state index is 0.839. The van der Waals surface area contributed by atoms with E-state index in [0.29, 0.717) is 0 Å². The quantitative estimate of drug-likeness (QED) is 0.184. The molecule has 5 aromatic carbocycles. The zero-order valence-electron chi connectivity index (χ0n) is 26.6. The van der Waals surface area contributed by atoms with Gasteiger partial charge in [0.1, 0.15) is 0 Å². The molecule has 9 rings (SSSR count). The molecule has 0 atom stereocenters. The smallest absolute Gasteiger partial charge is 0.0899 e. The maximum atomic E-state index is 5.13. The molecule has 0 N–H and O–H groups in total. The minimum absolute atomic E-state index is 0.839. The van der Waals surface area contributed by atoms with E-state index in [2.05, 4.69) is 154 Å². The van der Waals surface area contributed by atoms with Gasteiger partial charge >= 0.3 is 0 Å². The summed E-state index contributed by atoms with van der Waals surface area (Å²) >= 11 is 0. The van der Waals surface area contributed by atoms with E-state index in [1.54, 1.807) is 0 Å². The Balaban J connectivity index is 1.17. The highest BCUT2D eigenvalue weighted by molar-refractivity contribution is 6.10. The lowest BCUT2D eigenvalue weighted by Crippen LogP contribution is -1.93. The lowest BCUT2D eigenvalue weighted by molar-refractivity contribution is 1.17. The number of rotatable bonds is 6. The van der Waals surface area contributed by atoms with E-state index in [4.69, 9.17) is 4.98 Å². The molecule has 230 valence electrons. The highest BCUT2D eigenvalue weighted by atomic mass is 15.0. The third-order valence-electron chi connectivity index (χ3n) is 9.13. The molecule has 0 saturated heterocycles. The summed E-state index contributed by atoms with van der Waals surface area (Å²) in [5, 5.41) is 2.31. The van der Waals surface area contributed by atoms with Crippen LogP contribution < -0.4 is 0 Å². The standard InChI is InChI=1S/C45H30N4/c1-3-11-31(12-4-1)32-13-10-16-36(26-32)42-28-37(29-43(48-42)41-19-7-8-23-47-41)34-15-9-14-33(25-34)35-20-21-44-39(27-35)40-30-46-24-22-45(40)49(44)38-17-5-2-6-18-38/h1-30H. The molecule has 0 spiro atoms. The SMILES string of the molecule is c1ccc(-c2cccc(-c3cc(-c4cccc(-c5ccc6c(c5)c5cnccc5n6-c5ccccc5)c4)cc(-c4ccccn4)n3)c2)cc1. The lowest BCUT2D eigenvalue weighted by Gasteiger charge is -2.12. The zero-order valence-corrected chi connectivity index (χ0v) is 26.6. The maximum Gasteiger partial charge on any atom is 0.0899 e. The van der Waals surface area contributed by atoms with Gasteiger partial charge in [-0.15, -0.1) is 0 Å². The van der Waals surface area contributed by atoms with Crippen molar-refractivity contribution in [2.45, 2.75) is 0 Å². The van der Waals surface area contributed by atoms with Gasteiger partial charge in [0.05, 0.1) is 28.1 Å². The second-order valence-electron chi connectivity index (χ2n) is 12.2. The fraction of sp³-hybridized carbons (Fsp3) is 0. The van der Waals surface area contributed by atoms with Crippen LogP contribution in [-0.2, 0) is 0 Å². The Labute approximate surface area is 284 Å². The van der Waals surface area contributed by atoms with E-state index in [0.717, 1.165) is 72.6 Å². The topological polar surface area (TPSA) is 43.6 Å². The Morgan fingerprint density at radius 3 is 1.80 bits per heavy atom. The van der Waals surface area contributed by atoms with E-state index in [1.165, 1.54) is 10.9 Å². The number of fused-ring (bicyclic) bond motifs is 3. The molecule has 4 heterocycles. The largest absolute Gasteiger partial charge is 0.309 e. The summed E-state index contributed by atoms with van der Waals surface area (Å²) in [6, 6.07) is 57.5. The summed E-state index contributed by atoms with van der Waals surface area (Å²) in [6.45, 7) is 0. The molecule has 0 amide bonds. The Morgan fingerprint density at radius 2 is 1.00 bits per heavy atom. The number of para-hydroxylation sites is 1. The fourth-order valence-electron chi connectivity index (χ4n) is 6.76. The first kappa shape index (κ1) is 28.6. The van der Waals surface area contributed by atoms with Crippen LogP contribution in [0.3, 0.4) is 0 Å². The lowest BCUT2D eigenvalue weighted by atomic mass is 9.96. The highest BCUT2D eigenvalue weighted by Crippen LogP contribution is 2.37. The number of aromatic nitrogens is 4. The number of hydrogen-bond donors (Lipinski definition) is 0. The van der Waals surface area contributed by atoms with Gasteiger partial charge < -0.3 is 4.57 Å². The zero-order chi connectivity index (χ0) is 32.6. The van der Waals surface area contributed by atoms with Crippen molar-refractivity contribution >= 4 is 21.8 Å². The molecular weight excluding hydrogens is 597 g/mol. The van der Waals surface area contributed by atoms with Gasteiger partial charge in [-0.3, -0.25) is 9.97 Å². The monoisotopic (exact) mass is 626 g/mol. The summed E-state index contributed by atoms with van der Waals surface area (Å²) in [7, 11) is 0. The van der Waals surface area contributed by atoms with Crippen molar-refractivity contribution in [3.8, 4) is 61.7 Å². The molecule has 4 aromatic heterocycles. The van der Waals surface area contributed by atoms with Crippen molar-refractivity contribution in [1.82, 2.24) is 19.5 Å². The van der Waals surface area contributed by atoms with Gasteiger partial charge in [0, 0.05) is 40.6 Å². The second kappa shape index (κ2) is 12.2. The molecular formula is C45H30N4. The van der Waals surface area contributed by atoms with Crippen molar-refractivity contribution in [2.75, 3.05) is 0 Å². The van der Waals surface area contributed by atoms with E-state index in [-0.39, 0.29) is 0 Å². The predicted octanol–water partition coefficient (Wildman–Crippen LogP) is 11.3. The summed E-state index contributed by atoms with van der Waals surface area (Å²) in [5.74, 6) is 0. The first-order valence-electron chi connectivity index (χ1n) is 16.4. The molecule has 0 radical (unpaired) electrons.